The molecule has 0 aliphatic carbocycles. The zero-order valence-corrected chi connectivity index (χ0v) is 20.6. The number of ether oxygens (including phenoxy) is 2. The highest BCUT2D eigenvalue weighted by atomic mass is 32.2. The molecule has 5 rings (SSSR count). The van der Waals surface area contributed by atoms with E-state index in [-0.39, 0.29) is 11.7 Å². The molecule has 7 heteroatoms. The lowest BCUT2D eigenvalue weighted by Crippen LogP contribution is -2.15. The van der Waals surface area contributed by atoms with Crippen LogP contribution in [0.3, 0.4) is 0 Å². The molecule has 0 bridgehead atoms. The van der Waals surface area contributed by atoms with Crippen LogP contribution in [0.1, 0.15) is 22.3 Å². The number of nitrogens with zero attached hydrogens (tertiary/aromatic N) is 2. The first-order chi connectivity index (χ1) is 17.0. The van der Waals surface area contributed by atoms with Crippen LogP contribution in [0.2, 0.25) is 0 Å². The lowest BCUT2D eigenvalue weighted by molar-refractivity contribution is -0.113. The van der Waals surface area contributed by atoms with E-state index in [0.717, 1.165) is 38.5 Å². The second-order valence-electron chi connectivity index (χ2n) is 8.44. The van der Waals surface area contributed by atoms with Gasteiger partial charge in [-0.3, -0.25) is 4.79 Å². The molecule has 0 saturated heterocycles. The summed E-state index contributed by atoms with van der Waals surface area (Å²) < 4.78 is 11.7. The summed E-state index contributed by atoms with van der Waals surface area (Å²) in [6.45, 7) is 4.03. The van der Waals surface area contributed by atoms with Gasteiger partial charge in [-0.05, 0) is 43.2 Å². The van der Waals surface area contributed by atoms with E-state index in [1.807, 2.05) is 74.5 Å². The van der Waals surface area contributed by atoms with Crippen molar-refractivity contribution >= 4 is 23.4 Å². The first kappa shape index (κ1) is 22.9. The number of methoxy groups -OCH3 is 1. The molecule has 1 amide bonds. The summed E-state index contributed by atoms with van der Waals surface area (Å²) >= 11 is 1.39. The van der Waals surface area contributed by atoms with Crippen LogP contribution in [0.25, 0.3) is 11.4 Å². The number of fused-ring (bicyclic) bond motifs is 2. The average Bonchev–Trinajstić information content (AvgIpc) is 2.85. The zero-order chi connectivity index (χ0) is 24.4. The minimum absolute atomic E-state index is 0.0904. The topological polar surface area (TPSA) is 73.3 Å². The van der Waals surface area contributed by atoms with Crippen molar-refractivity contribution in [1.29, 1.82) is 0 Å². The Bertz CT molecular complexity index is 1390. The van der Waals surface area contributed by atoms with E-state index in [4.69, 9.17) is 19.4 Å². The Hall–Kier alpha value is -3.84. The average molecular weight is 484 g/mol. The van der Waals surface area contributed by atoms with Crippen molar-refractivity contribution in [2.24, 2.45) is 0 Å². The van der Waals surface area contributed by atoms with Crippen LogP contribution < -0.4 is 14.8 Å². The summed E-state index contributed by atoms with van der Waals surface area (Å²) in [6.07, 6.45) is 0.595. The molecule has 0 spiro atoms. The molecule has 6 nitrogen and oxygen atoms in total. The number of carbonyl (C=O) groups is 1. The van der Waals surface area contributed by atoms with Gasteiger partial charge in [0, 0.05) is 23.2 Å². The fourth-order valence-corrected chi connectivity index (χ4v) is 4.98. The lowest BCUT2D eigenvalue weighted by Gasteiger charge is -2.23. The molecule has 35 heavy (non-hydrogen) atoms. The van der Waals surface area contributed by atoms with Gasteiger partial charge in [0.25, 0.3) is 0 Å². The highest BCUT2D eigenvalue weighted by Gasteiger charge is 2.26. The molecule has 4 aromatic rings. The first-order valence-corrected chi connectivity index (χ1v) is 12.3. The maximum Gasteiger partial charge on any atom is 0.234 e. The second kappa shape index (κ2) is 9.80. The molecule has 1 N–H and O–H groups in total. The Kier molecular flexibility index (Phi) is 6.42. The standard InChI is InChI=1S/C28H25N3O3S/c1-17-12-18(2)14-21(13-17)29-24(32)16-35-28-22-15-20-10-7-11-23(33-3)25(20)34-27(22)30-26(31-28)19-8-5-4-6-9-19/h4-14H,15-16H2,1-3H3,(H,29,32). The normalized spacial score (nSPS) is 11.7. The molecule has 2 heterocycles. The molecular formula is C28H25N3O3S. The number of hydrogen-bond donors (Lipinski definition) is 1. The highest BCUT2D eigenvalue weighted by molar-refractivity contribution is 8.00. The Morgan fingerprint density at radius 1 is 1.03 bits per heavy atom. The summed E-state index contributed by atoms with van der Waals surface area (Å²) in [7, 11) is 1.62. The fraction of sp³-hybridized carbons (Fsp3) is 0.179. The number of para-hydroxylation sites is 1. The number of anilines is 1. The fourth-order valence-electron chi connectivity index (χ4n) is 4.16. The molecule has 3 aromatic carbocycles. The SMILES string of the molecule is COc1cccc2c1Oc1nc(-c3ccccc3)nc(SCC(=O)Nc3cc(C)cc(C)c3)c1C2. The van der Waals surface area contributed by atoms with Crippen LogP contribution in [0.4, 0.5) is 5.69 Å². The minimum atomic E-state index is -0.0904. The largest absolute Gasteiger partial charge is 0.493 e. The monoisotopic (exact) mass is 483 g/mol. The van der Waals surface area contributed by atoms with E-state index < -0.39 is 0 Å². The maximum atomic E-state index is 12.8. The van der Waals surface area contributed by atoms with Crippen LogP contribution in [-0.2, 0) is 11.2 Å². The van der Waals surface area contributed by atoms with Crippen LogP contribution in [0.15, 0.2) is 71.8 Å². The van der Waals surface area contributed by atoms with Crippen LogP contribution in [0, 0.1) is 13.8 Å². The van der Waals surface area contributed by atoms with Gasteiger partial charge in [0.2, 0.25) is 11.8 Å². The number of carbonyl (C=O) groups excluding carboxylic acids is 1. The highest BCUT2D eigenvalue weighted by Crippen LogP contribution is 2.44. The van der Waals surface area contributed by atoms with Crippen molar-refractivity contribution < 1.29 is 14.3 Å². The van der Waals surface area contributed by atoms with Crippen LogP contribution in [0.5, 0.6) is 17.4 Å². The minimum Gasteiger partial charge on any atom is -0.493 e. The van der Waals surface area contributed by atoms with E-state index in [9.17, 15) is 4.79 Å². The Morgan fingerprint density at radius 3 is 2.54 bits per heavy atom. The molecule has 0 saturated carbocycles. The van der Waals surface area contributed by atoms with Crippen molar-refractivity contribution in [3.05, 3.63) is 89.0 Å². The van der Waals surface area contributed by atoms with Crippen LogP contribution >= 0.6 is 11.8 Å². The third kappa shape index (κ3) is 5.00. The van der Waals surface area contributed by atoms with Gasteiger partial charge in [-0.25, -0.2) is 4.98 Å². The molecule has 1 aliphatic heterocycles. The number of aryl methyl sites for hydroxylation is 2. The number of aromatic nitrogens is 2. The number of rotatable bonds is 6. The number of hydrogen-bond acceptors (Lipinski definition) is 6. The maximum absolute atomic E-state index is 12.8. The summed E-state index contributed by atoms with van der Waals surface area (Å²) in [5, 5.41) is 3.73. The van der Waals surface area contributed by atoms with E-state index >= 15 is 0 Å². The molecule has 0 atom stereocenters. The summed E-state index contributed by atoms with van der Waals surface area (Å²) in [6, 6.07) is 21.6. The molecule has 176 valence electrons. The van der Waals surface area contributed by atoms with Crippen molar-refractivity contribution in [3.63, 3.8) is 0 Å². The zero-order valence-electron chi connectivity index (χ0n) is 19.8. The smallest absolute Gasteiger partial charge is 0.234 e. The van der Waals surface area contributed by atoms with Crippen molar-refractivity contribution in [3.8, 4) is 28.8 Å². The predicted molar refractivity (Wildman–Crippen MR) is 139 cm³/mol. The van der Waals surface area contributed by atoms with Gasteiger partial charge in [-0.15, -0.1) is 0 Å². The first-order valence-electron chi connectivity index (χ1n) is 11.3. The Morgan fingerprint density at radius 2 is 1.80 bits per heavy atom. The van der Waals surface area contributed by atoms with Gasteiger partial charge >= 0.3 is 0 Å². The summed E-state index contributed by atoms with van der Waals surface area (Å²) in [4.78, 5) is 22.4. The third-order valence-electron chi connectivity index (χ3n) is 5.65. The van der Waals surface area contributed by atoms with E-state index in [1.54, 1.807) is 7.11 Å². The second-order valence-corrected chi connectivity index (χ2v) is 9.41. The van der Waals surface area contributed by atoms with E-state index in [1.165, 1.54) is 11.8 Å². The molecule has 0 radical (unpaired) electrons. The van der Waals surface area contributed by atoms with E-state index in [2.05, 4.69) is 11.4 Å². The lowest BCUT2D eigenvalue weighted by atomic mass is 10.0. The van der Waals surface area contributed by atoms with Gasteiger partial charge in [0.15, 0.2) is 17.3 Å². The summed E-state index contributed by atoms with van der Waals surface area (Å²) in [5.74, 6) is 2.51. The van der Waals surface area contributed by atoms with Gasteiger partial charge in [0.1, 0.15) is 5.03 Å². The predicted octanol–water partition coefficient (Wildman–Crippen LogP) is 6.20. The van der Waals surface area contributed by atoms with Crippen molar-refractivity contribution in [2.45, 2.75) is 25.3 Å². The molecular weight excluding hydrogens is 458 g/mol. The van der Waals surface area contributed by atoms with Gasteiger partial charge in [0.05, 0.1) is 18.4 Å². The Balaban J connectivity index is 1.45. The molecule has 0 unspecified atom stereocenters. The number of amides is 1. The summed E-state index contributed by atoms with van der Waals surface area (Å²) in [5.41, 5.74) is 5.76. The van der Waals surface area contributed by atoms with Crippen molar-refractivity contribution in [2.75, 3.05) is 18.2 Å². The van der Waals surface area contributed by atoms with Gasteiger partial charge < -0.3 is 14.8 Å². The van der Waals surface area contributed by atoms with E-state index in [0.29, 0.717) is 29.6 Å². The number of thioether (sulfide) groups is 1. The van der Waals surface area contributed by atoms with Crippen LogP contribution in [-0.4, -0.2) is 28.7 Å². The number of benzene rings is 3. The van der Waals surface area contributed by atoms with Gasteiger partial charge in [-0.2, -0.15) is 4.98 Å². The van der Waals surface area contributed by atoms with Crippen molar-refractivity contribution in [1.82, 2.24) is 9.97 Å². The third-order valence-corrected chi connectivity index (χ3v) is 6.67. The quantitative estimate of drug-likeness (QED) is 0.229. The van der Waals surface area contributed by atoms with Gasteiger partial charge in [-0.1, -0.05) is 60.3 Å². The molecule has 0 fully saturated rings. The number of nitrogens with one attached hydrogen (secondary N) is 1. The molecule has 1 aliphatic rings. The molecule has 1 aromatic heterocycles. The Labute approximate surface area is 208 Å².